The molecule has 0 saturated carbocycles. The molecule has 116 valence electrons. The summed E-state index contributed by atoms with van der Waals surface area (Å²) < 4.78 is 4.87. The molecule has 7 heteroatoms. The van der Waals surface area contributed by atoms with Crippen LogP contribution in [-0.4, -0.2) is 33.2 Å². The number of nitrogens with zero attached hydrogens (tertiary/aromatic N) is 5. The Morgan fingerprint density at radius 3 is 3.09 bits per heavy atom. The van der Waals surface area contributed by atoms with E-state index in [-0.39, 0.29) is 5.92 Å². The lowest BCUT2D eigenvalue weighted by Crippen LogP contribution is -2.36. The van der Waals surface area contributed by atoms with Crippen molar-refractivity contribution in [3.05, 3.63) is 36.1 Å². The van der Waals surface area contributed by atoms with E-state index in [0.29, 0.717) is 5.95 Å². The summed E-state index contributed by atoms with van der Waals surface area (Å²) >= 11 is 0. The van der Waals surface area contributed by atoms with Gasteiger partial charge in [-0.25, -0.2) is 4.98 Å². The molecule has 2 aromatic heterocycles. The summed E-state index contributed by atoms with van der Waals surface area (Å²) in [5.41, 5.74) is 7.83. The molecular formula is C15H20N6O. The minimum Gasteiger partial charge on any atom is -0.368 e. The Labute approximate surface area is 129 Å². The van der Waals surface area contributed by atoms with Crippen molar-refractivity contribution >= 4 is 11.8 Å². The lowest BCUT2D eigenvalue weighted by molar-refractivity contribution is 0.394. The highest BCUT2D eigenvalue weighted by Crippen LogP contribution is 2.30. The zero-order valence-corrected chi connectivity index (χ0v) is 12.7. The van der Waals surface area contributed by atoms with Crippen LogP contribution < -0.4 is 10.6 Å². The molecule has 0 radical (unpaired) electrons. The summed E-state index contributed by atoms with van der Waals surface area (Å²) in [4.78, 5) is 15.2. The summed E-state index contributed by atoms with van der Waals surface area (Å²) in [6.45, 7) is 7.53. The number of rotatable bonds is 4. The van der Waals surface area contributed by atoms with Crippen LogP contribution in [0.4, 0.5) is 11.8 Å². The van der Waals surface area contributed by atoms with E-state index in [1.165, 1.54) is 6.39 Å². The highest BCUT2D eigenvalue weighted by molar-refractivity contribution is 5.53. The molecule has 0 aromatic carbocycles. The minimum atomic E-state index is 0.251. The van der Waals surface area contributed by atoms with E-state index in [1.54, 1.807) is 0 Å². The number of aryl methyl sites for hydroxylation is 1. The smallest absolute Gasteiger partial charge is 0.222 e. The topological polar surface area (TPSA) is 94.0 Å². The van der Waals surface area contributed by atoms with Gasteiger partial charge in [0.25, 0.3) is 0 Å². The van der Waals surface area contributed by atoms with Crippen molar-refractivity contribution in [1.29, 1.82) is 0 Å². The minimum absolute atomic E-state index is 0.251. The van der Waals surface area contributed by atoms with Crippen molar-refractivity contribution in [3.63, 3.8) is 0 Å². The van der Waals surface area contributed by atoms with Crippen LogP contribution in [0.2, 0.25) is 0 Å². The van der Waals surface area contributed by atoms with Crippen LogP contribution in [0.3, 0.4) is 0 Å². The first-order valence-electron chi connectivity index (χ1n) is 7.44. The quantitative estimate of drug-likeness (QED) is 0.861. The van der Waals surface area contributed by atoms with Gasteiger partial charge in [-0.15, -0.1) is 6.58 Å². The van der Waals surface area contributed by atoms with Crippen LogP contribution in [0.5, 0.6) is 0 Å². The average Bonchev–Trinajstić information content (AvgIpc) is 3.04. The van der Waals surface area contributed by atoms with E-state index >= 15 is 0 Å². The molecule has 1 fully saturated rings. The van der Waals surface area contributed by atoms with Gasteiger partial charge in [-0.1, -0.05) is 11.2 Å². The van der Waals surface area contributed by atoms with Crippen LogP contribution in [0.25, 0.3) is 0 Å². The van der Waals surface area contributed by atoms with Crippen LogP contribution in [0, 0.1) is 6.92 Å². The summed E-state index contributed by atoms with van der Waals surface area (Å²) in [5.74, 6) is 2.22. The van der Waals surface area contributed by atoms with Gasteiger partial charge in [0.1, 0.15) is 5.82 Å². The molecule has 0 aliphatic carbocycles. The number of anilines is 2. The maximum absolute atomic E-state index is 5.85. The number of allylic oxidation sites excluding steroid dienone is 1. The molecule has 1 atom stereocenters. The third-order valence-electron chi connectivity index (χ3n) is 4.02. The van der Waals surface area contributed by atoms with E-state index in [9.17, 15) is 0 Å². The molecule has 0 spiro atoms. The maximum Gasteiger partial charge on any atom is 0.222 e. The number of nitrogens with two attached hydrogens (primary N) is 1. The Hall–Kier alpha value is -2.44. The van der Waals surface area contributed by atoms with Crippen molar-refractivity contribution in [1.82, 2.24) is 20.1 Å². The van der Waals surface area contributed by atoms with E-state index in [0.717, 1.165) is 55.3 Å². The van der Waals surface area contributed by atoms with Gasteiger partial charge >= 0.3 is 0 Å². The second-order valence-electron chi connectivity index (χ2n) is 5.54. The molecule has 7 nitrogen and oxygen atoms in total. The van der Waals surface area contributed by atoms with Crippen LogP contribution in [0.15, 0.2) is 23.6 Å². The van der Waals surface area contributed by atoms with Gasteiger partial charge in [0.15, 0.2) is 5.82 Å². The molecule has 1 saturated heterocycles. The second-order valence-corrected chi connectivity index (χ2v) is 5.54. The first-order chi connectivity index (χ1) is 10.7. The van der Waals surface area contributed by atoms with Crippen molar-refractivity contribution in [2.24, 2.45) is 0 Å². The summed E-state index contributed by atoms with van der Waals surface area (Å²) in [7, 11) is 0. The number of hydrogen-bond donors (Lipinski definition) is 1. The zero-order chi connectivity index (χ0) is 15.5. The molecule has 22 heavy (non-hydrogen) atoms. The van der Waals surface area contributed by atoms with Gasteiger partial charge in [0.2, 0.25) is 12.3 Å². The van der Waals surface area contributed by atoms with Gasteiger partial charge in [0.05, 0.1) is 0 Å². The molecule has 1 unspecified atom stereocenters. The number of nitrogen functional groups attached to an aromatic ring is 1. The first-order valence-corrected chi connectivity index (χ1v) is 7.44. The van der Waals surface area contributed by atoms with Crippen LogP contribution in [0.1, 0.15) is 35.8 Å². The lowest BCUT2D eigenvalue weighted by atomic mass is 9.96. The summed E-state index contributed by atoms with van der Waals surface area (Å²) in [5, 5.41) is 3.98. The Kier molecular flexibility index (Phi) is 4.04. The van der Waals surface area contributed by atoms with Gasteiger partial charge < -0.3 is 15.2 Å². The molecule has 3 heterocycles. The van der Waals surface area contributed by atoms with Crippen molar-refractivity contribution in [2.75, 3.05) is 23.7 Å². The molecular weight excluding hydrogens is 280 g/mol. The van der Waals surface area contributed by atoms with E-state index in [1.807, 2.05) is 13.0 Å². The maximum atomic E-state index is 5.85. The van der Waals surface area contributed by atoms with E-state index < -0.39 is 0 Å². The van der Waals surface area contributed by atoms with Gasteiger partial charge in [-0.05, 0) is 26.2 Å². The Balaban J connectivity index is 1.91. The normalized spacial score (nSPS) is 18.4. The van der Waals surface area contributed by atoms with Gasteiger partial charge in [0, 0.05) is 30.3 Å². The van der Waals surface area contributed by atoms with Crippen LogP contribution >= 0.6 is 0 Å². The highest BCUT2D eigenvalue weighted by Gasteiger charge is 2.27. The van der Waals surface area contributed by atoms with Crippen molar-refractivity contribution in [2.45, 2.75) is 32.1 Å². The molecule has 3 rings (SSSR count). The van der Waals surface area contributed by atoms with Gasteiger partial charge in [-0.3, -0.25) is 0 Å². The Morgan fingerprint density at radius 2 is 2.36 bits per heavy atom. The largest absolute Gasteiger partial charge is 0.368 e. The van der Waals surface area contributed by atoms with Gasteiger partial charge in [-0.2, -0.15) is 9.97 Å². The Morgan fingerprint density at radius 1 is 1.50 bits per heavy atom. The predicted molar refractivity (Wildman–Crippen MR) is 83.6 cm³/mol. The van der Waals surface area contributed by atoms with Crippen molar-refractivity contribution < 1.29 is 4.52 Å². The average molecular weight is 300 g/mol. The van der Waals surface area contributed by atoms with E-state index in [2.05, 4.69) is 31.6 Å². The third kappa shape index (κ3) is 2.79. The standard InChI is InChI=1S/C15H20N6O/c1-3-5-12-10(2)18-15(16)19-14(12)21-7-4-6-11(8-21)13-17-9-22-20-13/h3,9,11H,1,4-8H2,2H3,(H2,16,18,19). The Bertz CT molecular complexity index is 654. The highest BCUT2D eigenvalue weighted by atomic mass is 16.5. The SMILES string of the molecule is C=CCc1c(C)nc(N)nc1N1CCCC(c2ncon2)C1. The monoisotopic (exact) mass is 300 g/mol. The second kappa shape index (κ2) is 6.13. The summed E-state index contributed by atoms with van der Waals surface area (Å²) in [6.07, 6.45) is 6.07. The molecule has 2 aromatic rings. The third-order valence-corrected chi connectivity index (χ3v) is 4.02. The number of aromatic nitrogens is 4. The molecule has 1 aliphatic heterocycles. The van der Waals surface area contributed by atoms with Crippen LogP contribution in [-0.2, 0) is 6.42 Å². The fraction of sp³-hybridized carbons (Fsp3) is 0.467. The summed E-state index contributed by atoms with van der Waals surface area (Å²) in [6, 6.07) is 0. The number of piperidine rings is 1. The fourth-order valence-electron chi connectivity index (χ4n) is 2.99. The predicted octanol–water partition coefficient (Wildman–Crippen LogP) is 1.86. The number of hydrogen-bond acceptors (Lipinski definition) is 7. The zero-order valence-electron chi connectivity index (χ0n) is 12.7. The molecule has 0 bridgehead atoms. The fourth-order valence-corrected chi connectivity index (χ4v) is 2.99. The van der Waals surface area contributed by atoms with E-state index in [4.69, 9.17) is 10.3 Å². The molecule has 0 amide bonds. The van der Waals surface area contributed by atoms with Crippen molar-refractivity contribution in [3.8, 4) is 0 Å². The first kappa shape index (κ1) is 14.5. The molecule has 2 N–H and O–H groups in total. The molecule has 1 aliphatic rings. The lowest BCUT2D eigenvalue weighted by Gasteiger charge is -2.33.